The Morgan fingerprint density at radius 1 is 1.16 bits per heavy atom. The minimum atomic E-state index is 0. The van der Waals surface area contributed by atoms with Gasteiger partial charge < -0.3 is 25.6 Å². The molecule has 1 fully saturated rings. The minimum Gasteiger partial charge on any atom is -0.493 e. The number of nitrogens with one attached hydrogen (secondary N) is 3. The Hall–Kier alpha value is -2.49. The first-order chi connectivity index (χ1) is 15.1. The molecule has 3 rings (SSSR count). The number of hydrogen-bond acceptors (Lipinski definition) is 4. The Morgan fingerprint density at radius 2 is 1.91 bits per heavy atom. The highest BCUT2D eigenvalue weighted by atomic mass is 127. The lowest BCUT2D eigenvalue weighted by Gasteiger charge is -2.28. The largest absolute Gasteiger partial charge is 0.493 e. The molecule has 1 amide bonds. The number of rotatable bonds is 8. The number of anilines is 1. The summed E-state index contributed by atoms with van der Waals surface area (Å²) in [6.07, 6.45) is 0.980. The molecule has 1 saturated heterocycles. The number of aryl methyl sites for hydroxylation is 1. The van der Waals surface area contributed by atoms with Gasteiger partial charge in [-0.3, -0.25) is 9.79 Å². The standard InChI is InChI=1S/C24H33N5O2.HI/c1-4-13-31-22-14-18(2)5-8-20(22)16-28-24(25-3)27-15-19-6-9-21(10-7-19)29-12-11-26-23(30)17-29;/h5-10,14H,4,11-13,15-17H2,1-3H3,(H,26,30)(H2,25,27,28);1H. The second kappa shape index (κ2) is 13.1. The van der Waals surface area contributed by atoms with Gasteiger partial charge in [0.25, 0.3) is 0 Å². The van der Waals surface area contributed by atoms with Crippen LogP contribution in [0.4, 0.5) is 5.69 Å². The number of guanidine groups is 1. The van der Waals surface area contributed by atoms with Gasteiger partial charge in [0.15, 0.2) is 5.96 Å². The van der Waals surface area contributed by atoms with Crippen LogP contribution in [0.5, 0.6) is 5.75 Å². The lowest BCUT2D eigenvalue weighted by Crippen LogP contribution is -2.47. The zero-order valence-electron chi connectivity index (χ0n) is 19.1. The normalized spacial score (nSPS) is 13.8. The number of carbonyl (C=O) groups excluding carboxylic acids is 1. The summed E-state index contributed by atoms with van der Waals surface area (Å²) >= 11 is 0. The van der Waals surface area contributed by atoms with E-state index in [1.54, 1.807) is 7.05 Å². The molecule has 1 heterocycles. The van der Waals surface area contributed by atoms with Crippen molar-refractivity contribution in [3.8, 4) is 5.75 Å². The highest BCUT2D eigenvalue weighted by Crippen LogP contribution is 2.20. The van der Waals surface area contributed by atoms with E-state index < -0.39 is 0 Å². The van der Waals surface area contributed by atoms with Crippen molar-refractivity contribution >= 4 is 41.5 Å². The molecule has 32 heavy (non-hydrogen) atoms. The molecule has 0 atom stereocenters. The number of piperazine rings is 1. The fourth-order valence-corrected chi connectivity index (χ4v) is 3.42. The highest BCUT2D eigenvalue weighted by Gasteiger charge is 2.16. The van der Waals surface area contributed by atoms with E-state index in [0.717, 1.165) is 41.5 Å². The lowest BCUT2D eigenvalue weighted by atomic mass is 10.1. The van der Waals surface area contributed by atoms with Crippen LogP contribution in [-0.4, -0.2) is 45.2 Å². The summed E-state index contributed by atoms with van der Waals surface area (Å²) in [4.78, 5) is 18.0. The highest BCUT2D eigenvalue weighted by molar-refractivity contribution is 14.0. The van der Waals surface area contributed by atoms with Crippen molar-refractivity contribution in [2.45, 2.75) is 33.4 Å². The third-order valence-corrected chi connectivity index (χ3v) is 5.15. The van der Waals surface area contributed by atoms with Gasteiger partial charge in [0, 0.05) is 44.5 Å². The predicted molar refractivity (Wildman–Crippen MR) is 141 cm³/mol. The van der Waals surface area contributed by atoms with Crippen molar-refractivity contribution in [2.75, 3.05) is 38.2 Å². The van der Waals surface area contributed by atoms with Gasteiger partial charge in [0.05, 0.1) is 13.2 Å². The molecule has 3 N–H and O–H groups in total. The molecule has 8 heteroatoms. The van der Waals surface area contributed by atoms with Gasteiger partial charge in [0.1, 0.15) is 5.75 Å². The van der Waals surface area contributed by atoms with Crippen LogP contribution in [0.15, 0.2) is 47.5 Å². The predicted octanol–water partition coefficient (Wildman–Crippen LogP) is 3.20. The molecule has 0 bridgehead atoms. The summed E-state index contributed by atoms with van der Waals surface area (Å²) in [5.41, 5.74) is 4.51. The molecule has 174 valence electrons. The lowest BCUT2D eigenvalue weighted by molar-refractivity contribution is -0.120. The van der Waals surface area contributed by atoms with Gasteiger partial charge >= 0.3 is 0 Å². The fourth-order valence-electron chi connectivity index (χ4n) is 3.42. The van der Waals surface area contributed by atoms with Gasteiger partial charge in [-0.15, -0.1) is 24.0 Å². The Morgan fingerprint density at radius 3 is 2.59 bits per heavy atom. The average molecular weight is 551 g/mol. The first kappa shape index (κ1) is 25.8. The Labute approximate surface area is 208 Å². The second-order valence-electron chi connectivity index (χ2n) is 7.68. The van der Waals surface area contributed by atoms with Crippen LogP contribution in [-0.2, 0) is 17.9 Å². The van der Waals surface area contributed by atoms with E-state index in [1.807, 2.05) is 0 Å². The van der Waals surface area contributed by atoms with Crippen LogP contribution < -0.4 is 25.6 Å². The van der Waals surface area contributed by atoms with Crippen molar-refractivity contribution in [1.82, 2.24) is 16.0 Å². The molecule has 7 nitrogen and oxygen atoms in total. The van der Waals surface area contributed by atoms with Crippen molar-refractivity contribution in [3.05, 3.63) is 59.2 Å². The maximum atomic E-state index is 11.6. The first-order valence-electron chi connectivity index (χ1n) is 10.9. The molecular formula is C24H34IN5O2. The number of aliphatic imine (C=N–C) groups is 1. The quantitative estimate of drug-likeness (QED) is 0.267. The molecule has 0 unspecified atom stereocenters. The second-order valence-corrected chi connectivity index (χ2v) is 7.68. The third-order valence-electron chi connectivity index (χ3n) is 5.15. The van der Waals surface area contributed by atoms with E-state index in [2.05, 4.69) is 82.2 Å². The number of amides is 1. The van der Waals surface area contributed by atoms with Crippen LogP contribution >= 0.6 is 24.0 Å². The SMILES string of the molecule is CCCOc1cc(C)ccc1CNC(=NC)NCc1ccc(N2CCNC(=O)C2)cc1.I. The summed E-state index contributed by atoms with van der Waals surface area (Å²) in [6.45, 7) is 8.12. The van der Waals surface area contributed by atoms with E-state index >= 15 is 0 Å². The van der Waals surface area contributed by atoms with Crippen LogP contribution in [0.2, 0.25) is 0 Å². The van der Waals surface area contributed by atoms with Gasteiger partial charge in [-0.25, -0.2) is 0 Å². The number of nitrogens with zero attached hydrogens (tertiary/aromatic N) is 2. The molecule has 2 aromatic carbocycles. The molecule has 0 saturated carbocycles. The van der Waals surface area contributed by atoms with Crippen LogP contribution in [0.3, 0.4) is 0 Å². The molecule has 2 aromatic rings. The molecule has 1 aliphatic heterocycles. The smallest absolute Gasteiger partial charge is 0.239 e. The zero-order chi connectivity index (χ0) is 22.1. The van der Waals surface area contributed by atoms with Crippen molar-refractivity contribution < 1.29 is 9.53 Å². The third kappa shape index (κ3) is 7.58. The summed E-state index contributed by atoms with van der Waals surface area (Å²) in [5.74, 6) is 1.73. The number of ether oxygens (including phenoxy) is 1. The topological polar surface area (TPSA) is 78.0 Å². The van der Waals surface area contributed by atoms with E-state index in [1.165, 1.54) is 5.56 Å². The number of hydrogen-bond donors (Lipinski definition) is 3. The van der Waals surface area contributed by atoms with E-state index in [0.29, 0.717) is 32.8 Å². The molecule has 0 radical (unpaired) electrons. The van der Waals surface area contributed by atoms with Crippen molar-refractivity contribution in [1.29, 1.82) is 0 Å². The zero-order valence-corrected chi connectivity index (χ0v) is 21.4. The van der Waals surface area contributed by atoms with E-state index in [-0.39, 0.29) is 29.9 Å². The maximum absolute atomic E-state index is 11.6. The Balaban J connectivity index is 0.00000363. The first-order valence-corrected chi connectivity index (χ1v) is 10.9. The minimum absolute atomic E-state index is 0. The molecular weight excluding hydrogens is 517 g/mol. The average Bonchev–Trinajstić information content (AvgIpc) is 2.79. The van der Waals surface area contributed by atoms with E-state index in [4.69, 9.17) is 4.74 Å². The molecule has 0 aliphatic carbocycles. The number of halogens is 1. The van der Waals surface area contributed by atoms with Gasteiger partial charge in [-0.1, -0.05) is 31.2 Å². The van der Waals surface area contributed by atoms with Crippen molar-refractivity contribution in [2.24, 2.45) is 4.99 Å². The van der Waals surface area contributed by atoms with Gasteiger partial charge in [-0.05, 0) is 42.7 Å². The number of benzene rings is 2. The number of carbonyl (C=O) groups is 1. The van der Waals surface area contributed by atoms with Crippen LogP contribution in [0.25, 0.3) is 0 Å². The monoisotopic (exact) mass is 551 g/mol. The molecule has 1 aliphatic rings. The van der Waals surface area contributed by atoms with Crippen LogP contribution in [0, 0.1) is 6.92 Å². The van der Waals surface area contributed by atoms with Crippen molar-refractivity contribution in [3.63, 3.8) is 0 Å². The maximum Gasteiger partial charge on any atom is 0.239 e. The molecule has 0 spiro atoms. The summed E-state index contributed by atoms with van der Waals surface area (Å²) in [7, 11) is 1.77. The van der Waals surface area contributed by atoms with Gasteiger partial charge in [-0.2, -0.15) is 0 Å². The van der Waals surface area contributed by atoms with Gasteiger partial charge in [0.2, 0.25) is 5.91 Å². The Kier molecular flexibility index (Phi) is 10.6. The summed E-state index contributed by atoms with van der Waals surface area (Å²) < 4.78 is 5.90. The summed E-state index contributed by atoms with van der Waals surface area (Å²) in [5, 5.41) is 9.58. The van der Waals surface area contributed by atoms with Crippen LogP contribution in [0.1, 0.15) is 30.0 Å². The van der Waals surface area contributed by atoms with E-state index in [9.17, 15) is 4.79 Å². The summed E-state index contributed by atoms with van der Waals surface area (Å²) in [6, 6.07) is 14.6. The fraction of sp³-hybridized carbons (Fsp3) is 0.417. The molecule has 0 aromatic heterocycles. The Bertz CT molecular complexity index is 902.